The van der Waals surface area contributed by atoms with Crippen molar-refractivity contribution in [1.29, 1.82) is 0 Å². The highest BCUT2D eigenvalue weighted by molar-refractivity contribution is 7.80. The highest BCUT2D eigenvalue weighted by Crippen LogP contribution is 2.28. The van der Waals surface area contributed by atoms with Crippen molar-refractivity contribution in [2.75, 3.05) is 11.5 Å². The molecule has 0 saturated carbocycles. The number of amides is 1. The summed E-state index contributed by atoms with van der Waals surface area (Å²) in [5.41, 5.74) is 4.17. The van der Waals surface area contributed by atoms with Crippen LogP contribution >= 0.6 is 35.4 Å². The number of hydrogen-bond donors (Lipinski definition) is 1. The minimum absolute atomic E-state index is 0.170. The third kappa shape index (κ3) is 6.35. The molecule has 0 fully saturated rings. The van der Waals surface area contributed by atoms with Crippen LogP contribution in [0.15, 0.2) is 60.7 Å². The predicted molar refractivity (Wildman–Crippen MR) is 141 cm³/mol. The van der Waals surface area contributed by atoms with Crippen LogP contribution in [0.4, 0.5) is 5.69 Å². The normalized spacial score (nSPS) is 10.5. The molecule has 0 atom stereocenters. The highest BCUT2D eigenvalue weighted by atomic mass is 35.5. The second kappa shape index (κ2) is 11.5. The number of benzene rings is 3. The summed E-state index contributed by atoms with van der Waals surface area (Å²) in [6.45, 7) is 6.10. The fraction of sp³-hybridized carbons (Fsp3) is 0.192. The topological polar surface area (TPSA) is 58.6 Å². The number of esters is 1. The molecule has 34 heavy (non-hydrogen) atoms. The fourth-order valence-electron chi connectivity index (χ4n) is 3.46. The molecule has 1 amide bonds. The van der Waals surface area contributed by atoms with E-state index in [1.807, 2.05) is 19.9 Å². The van der Waals surface area contributed by atoms with Gasteiger partial charge in [-0.2, -0.15) is 0 Å². The Kier molecular flexibility index (Phi) is 8.67. The van der Waals surface area contributed by atoms with Crippen molar-refractivity contribution in [1.82, 2.24) is 5.32 Å². The van der Waals surface area contributed by atoms with Crippen LogP contribution in [0.25, 0.3) is 0 Å². The highest BCUT2D eigenvalue weighted by Gasteiger charge is 2.20. The van der Waals surface area contributed by atoms with E-state index in [1.165, 1.54) is 0 Å². The van der Waals surface area contributed by atoms with Gasteiger partial charge in [-0.05, 0) is 81.5 Å². The number of anilines is 1. The van der Waals surface area contributed by atoms with Crippen molar-refractivity contribution in [2.45, 2.75) is 27.3 Å². The van der Waals surface area contributed by atoms with E-state index in [4.69, 9.17) is 40.2 Å². The van der Waals surface area contributed by atoms with Crippen LogP contribution < -0.4 is 10.2 Å². The number of nitrogens with one attached hydrogen (secondary N) is 1. The molecule has 0 unspecified atom stereocenters. The van der Waals surface area contributed by atoms with Crippen molar-refractivity contribution in [3.05, 3.63) is 98.5 Å². The van der Waals surface area contributed by atoms with Gasteiger partial charge in [0, 0.05) is 26.9 Å². The maximum Gasteiger partial charge on any atom is 0.338 e. The van der Waals surface area contributed by atoms with Gasteiger partial charge in [0.2, 0.25) is 0 Å². The fourth-order valence-corrected chi connectivity index (χ4v) is 4.24. The maximum atomic E-state index is 13.0. The zero-order chi connectivity index (χ0) is 24.8. The SMILES string of the molecule is CCOC(=O)c1ccc(N(Cc2c(Cl)cccc2Cl)C(=S)NC(=O)c2cc(C)cc(C)c2)cc1. The van der Waals surface area contributed by atoms with Gasteiger partial charge >= 0.3 is 5.97 Å². The van der Waals surface area contributed by atoms with Gasteiger partial charge in [-0.15, -0.1) is 0 Å². The second-order valence-corrected chi connectivity index (χ2v) is 8.89. The first-order chi connectivity index (χ1) is 16.2. The molecule has 0 bridgehead atoms. The Morgan fingerprint density at radius 1 is 0.941 bits per heavy atom. The quantitative estimate of drug-likeness (QED) is 0.300. The summed E-state index contributed by atoms with van der Waals surface area (Å²) in [5.74, 6) is -0.740. The van der Waals surface area contributed by atoms with Gasteiger partial charge in [0.05, 0.1) is 18.7 Å². The number of hydrogen-bond acceptors (Lipinski definition) is 4. The van der Waals surface area contributed by atoms with E-state index < -0.39 is 5.97 Å². The summed E-state index contributed by atoms with van der Waals surface area (Å²) in [6, 6.07) is 17.6. The average Bonchev–Trinajstić information content (AvgIpc) is 2.78. The zero-order valence-electron chi connectivity index (χ0n) is 19.0. The number of carbonyl (C=O) groups excluding carboxylic acids is 2. The lowest BCUT2D eigenvalue weighted by molar-refractivity contribution is 0.0526. The Morgan fingerprint density at radius 2 is 1.53 bits per heavy atom. The first-order valence-corrected chi connectivity index (χ1v) is 11.8. The van der Waals surface area contributed by atoms with E-state index in [9.17, 15) is 9.59 Å². The molecule has 0 radical (unpaired) electrons. The zero-order valence-corrected chi connectivity index (χ0v) is 21.4. The molecular weight excluding hydrogens is 491 g/mol. The molecule has 3 aromatic carbocycles. The van der Waals surface area contributed by atoms with E-state index in [-0.39, 0.29) is 24.2 Å². The molecule has 1 N–H and O–H groups in total. The summed E-state index contributed by atoms with van der Waals surface area (Å²) in [6.07, 6.45) is 0. The Hall–Kier alpha value is -2.93. The van der Waals surface area contributed by atoms with Crippen LogP contribution in [0.2, 0.25) is 10.0 Å². The van der Waals surface area contributed by atoms with Crippen molar-refractivity contribution >= 4 is 58.1 Å². The van der Waals surface area contributed by atoms with E-state index in [0.717, 1.165) is 11.1 Å². The standard InChI is InChI=1S/C26H24Cl2N2O3S/c1-4-33-25(32)18-8-10-20(11-9-18)30(15-21-22(27)6-5-7-23(21)28)26(34)29-24(31)19-13-16(2)12-17(3)14-19/h5-14H,4,15H2,1-3H3,(H,29,31,34). The molecule has 0 aliphatic rings. The molecule has 5 nitrogen and oxygen atoms in total. The number of carbonyl (C=O) groups is 2. The smallest absolute Gasteiger partial charge is 0.338 e. The molecule has 3 rings (SSSR count). The Morgan fingerprint density at radius 3 is 2.09 bits per heavy atom. The van der Waals surface area contributed by atoms with Gasteiger partial charge < -0.3 is 9.64 Å². The summed E-state index contributed by atoms with van der Waals surface area (Å²) < 4.78 is 5.05. The van der Waals surface area contributed by atoms with E-state index in [0.29, 0.717) is 32.4 Å². The number of ether oxygens (including phenoxy) is 1. The van der Waals surface area contributed by atoms with Crippen molar-refractivity contribution in [3.63, 3.8) is 0 Å². The van der Waals surface area contributed by atoms with E-state index in [2.05, 4.69) is 5.32 Å². The summed E-state index contributed by atoms with van der Waals surface area (Å²) in [4.78, 5) is 26.7. The van der Waals surface area contributed by atoms with Crippen LogP contribution in [0.5, 0.6) is 0 Å². The van der Waals surface area contributed by atoms with Crippen LogP contribution in [-0.4, -0.2) is 23.6 Å². The van der Waals surface area contributed by atoms with Crippen LogP contribution in [-0.2, 0) is 11.3 Å². The number of rotatable bonds is 6. The van der Waals surface area contributed by atoms with Gasteiger partial charge in [-0.25, -0.2) is 4.79 Å². The molecule has 0 spiro atoms. The van der Waals surface area contributed by atoms with Crippen LogP contribution in [0.1, 0.15) is 44.3 Å². The number of halogens is 2. The minimum Gasteiger partial charge on any atom is -0.462 e. The maximum absolute atomic E-state index is 13.0. The molecule has 3 aromatic rings. The van der Waals surface area contributed by atoms with E-state index in [1.54, 1.807) is 66.4 Å². The minimum atomic E-state index is -0.416. The first-order valence-electron chi connectivity index (χ1n) is 10.6. The van der Waals surface area contributed by atoms with E-state index >= 15 is 0 Å². The van der Waals surface area contributed by atoms with Crippen LogP contribution in [0.3, 0.4) is 0 Å². The van der Waals surface area contributed by atoms with Gasteiger partial charge in [0.1, 0.15) is 0 Å². The lowest BCUT2D eigenvalue weighted by Crippen LogP contribution is -2.42. The van der Waals surface area contributed by atoms with Crippen molar-refractivity contribution in [3.8, 4) is 0 Å². The third-order valence-corrected chi connectivity index (χ3v) is 6.05. The number of thiocarbonyl (C=S) groups is 1. The third-order valence-electron chi connectivity index (χ3n) is 5.02. The van der Waals surface area contributed by atoms with Gasteiger partial charge in [0.15, 0.2) is 5.11 Å². The molecule has 0 saturated heterocycles. The number of aryl methyl sites for hydroxylation is 2. The number of nitrogens with zero attached hydrogens (tertiary/aromatic N) is 1. The predicted octanol–water partition coefficient (Wildman–Crippen LogP) is 6.51. The molecule has 0 aliphatic heterocycles. The second-order valence-electron chi connectivity index (χ2n) is 7.69. The van der Waals surface area contributed by atoms with Gasteiger partial charge in [0.25, 0.3) is 5.91 Å². The molecule has 0 aliphatic carbocycles. The van der Waals surface area contributed by atoms with Gasteiger partial charge in [-0.3, -0.25) is 10.1 Å². The van der Waals surface area contributed by atoms with Crippen LogP contribution in [0, 0.1) is 13.8 Å². The van der Waals surface area contributed by atoms with Crippen molar-refractivity contribution in [2.24, 2.45) is 0 Å². The first kappa shape index (κ1) is 25.7. The molecule has 8 heteroatoms. The average molecular weight is 515 g/mol. The monoisotopic (exact) mass is 514 g/mol. The van der Waals surface area contributed by atoms with Crippen molar-refractivity contribution < 1.29 is 14.3 Å². The summed E-state index contributed by atoms with van der Waals surface area (Å²) in [7, 11) is 0. The molecule has 0 aromatic heterocycles. The largest absolute Gasteiger partial charge is 0.462 e. The Labute approximate surface area is 214 Å². The lowest BCUT2D eigenvalue weighted by atomic mass is 10.1. The molecule has 176 valence electrons. The lowest BCUT2D eigenvalue weighted by Gasteiger charge is -2.27. The Balaban J connectivity index is 1.93. The Bertz CT molecular complexity index is 1190. The van der Waals surface area contributed by atoms with Gasteiger partial charge in [-0.1, -0.05) is 46.5 Å². The summed E-state index contributed by atoms with van der Waals surface area (Å²) >= 11 is 18.4. The molecule has 0 heterocycles. The molecular formula is C26H24Cl2N2O3S. The summed E-state index contributed by atoms with van der Waals surface area (Å²) in [5, 5.41) is 3.93.